The van der Waals surface area contributed by atoms with Crippen LogP contribution in [0.2, 0.25) is 0 Å². The molecule has 1 amide bonds. The molecule has 9 nitrogen and oxygen atoms in total. The number of nitrogens with one attached hydrogen (secondary N) is 1. The van der Waals surface area contributed by atoms with Gasteiger partial charge in [-0.15, -0.1) is 0 Å². The standard InChI is InChI=1S/C23H42N4O5S/c1-22(2)16-10-11-23(22,3)19(14-16)26-20(28)18(13-15-7-6-8-15)27(33(25,31)32)17(21(29)30)9-4-5-12-24/h15-19H,4-14,24H2,1-3H3,(H,26,28)(H,29,30)(H2,25,31,32)/t16-,17+,18+,19+,23+/m1/s1. The Hall–Kier alpha value is -1.23. The Morgan fingerprint density at radius 3 is 2.24 bits per heavy atom. The minimum atomic E-state index is -4.44. The molecule has 3 rings (SSSR count). The van der Waals surface area contributed by atoms with E-state index in [1.165, 1.54) is 0 Å². The summed E-state index contributed by atoms with van der Waals surface area (Å²) in [5.41, 5.74) is 5.55. The summed E-state index contributed by atoms with van der Waals surface area (Å²) in [5.74, 6) is -1.01. The van der Waals surface area contributed by atoms with Crippen LogP contribution in [0.3, 0.4) is 0 Å². The Morgan fingerprint density at radius 1 is 1.15 bits per heavy atom. The second kappa shape index (κ2) is 9.79. The zero-order chi connectivity index (χ0) is 24.6. The van der Waals surface area contributed by atoms with Crippen LogP contribution < -0.4 is 16.2 Å². The first-order chi connectivity index (χ1) is 15.3. The van der Waals surface area contributed by atoms with E-state index in [9.17, 15) is 23.1 Å². The average Bonchev–Trinajstić information content (AvgIpc) is 3.00. The van der Waals surface area contributed by atoms with Gasteiger partial charge >= 0.3 is 5.97 Å². The number of carboxylic acids is 1. The zero-order valence-electron chi connectivity index (χ0n) is 20.3. The van der Waals surface area contributed by atoms with Crippen LogP contribution in [0.4, 0.5) is 0 Å². The summed E-state index contributed by atoms with van der Waals surface area (Å²) < 4.78 is 26.2. The lowest BCUT2D eigenvalue weighted by Crippen LogP contribution is -2.60. The number of carbonyl (C=O) groups is 2. The molecule has 2 bridgehead atoms. The van der Waals surface area contributed by atoms with Crippen molar-refractivity contribution in [3.8, 4) is 0 Å². The minimum absolute atomic E-state index is 0.0632. The van der Waals surface area contributed by atoms with Gasteiger partial charge in [-0.2, -0.15) is 12.7 Å². The normalized spacial score (nSPS) is 30.7. The Morgan fingerprint density at radius 2 is 1.82 bits per heavy atom. The highest BCUT2D eigenvalue weighted by molar-refractivity contribution is 7.86. The Kier molecular flexibility index (Phi) is 7.83. The highest BCUT2D eigenvalue weighted by Crippen LogP contribution is 2.65. The minimum Gasteiger partial charge on any atom is -0.480 e. The maximum absolute atomic E-state index is 13.7. The highest BCUT2D eigenvalue weighted by atomic mass is 32.2. The number of hydrogen-bond acceptors (Lipinski definition) is 5. The summed E-state index contributed by atoms with van der Waals surface area (Å²) in [6.45, 7) is 7.08. The predicted octanol–water partition coefficient (Wildman–Crippen LogP) is 1.96. The van der Waals surface area contributed by atoms with Gasteiger partial charge in [0, 0.05) is 6.04 Å². The molecule has 0 aliphatic heterocycles. The molecular weight excluding hydrogens is 444 g/mol. The van der Waals surface area contributed by atoms with Crippen molar-refractivity contribution in [3.63, 3.8) is 0 Å². The molecule has 3 aliphatic rings. The summed E-state index contributed by atoms with van der Waals surface area (Å²) in [5, 5.41) is 18.6. The van der Waals surface area contributed by atoms with Gasteiger partial charge in [0.1, 0.15) is 12.1 Å². The molecule has 3 fully saturated rings. The van der Waals surface area contributed by atoms with Gasteiger partial charge in [-0.1, -0.05) is 40.0 Å². The second-order valence-corrected chi connectivity index (χ2v) is 12.7. The van der Waals surface area contributed by atoms with Gasteiger partial charge in [-0.25, -0.2) is 5.14 Å². The fourth-order valence-electron chi connectivity index (χ4n) is 6.47. The predicted molar refractivity (Wildman–Crippen MR) is 126 cm³/mol. The third-order valence-corrected chi connectivity index (χ3v) is 10.4. The smallest absolute Gasteiger partial charge is 0.322 e. The van der Waals surface area contributed by atoms with Crippen LogP contribution in [0.15, 0.2) is 0 Å². The van der Waals surface area contributed by atoms with E-state index in [-0.39, 0.29) is 29.2 Å². The number of rotatable bonds is 12. The van der Waals surface area contributed by atoms with Crippen molar-refractivity contribution < 1.29 is 23.1 Å². The van der Waals surface area contributed by atoms with Crippen molar-refractivity contribution in [1.82, 2.24) is 9.62 Å². The number of nitrogens with zero attached hydrogens (tertiary/aromatic N) is 1. The van der Waals surface area contributed by atoms with Crippen LogP contribution >= 0.6 is 0 Å². The topological polar surface area (TPSA) is 156 Å². The van der Waals surface area contributed by atoms with E-state index in [1.54, 1.807) is 0 Å². The van der Waals surface area contributed by atoms with Crippen molar-refractivity contribution >= 4 is 22.1 Å². The molecule has 10 heteroatoms. The lowest BCUT2D eigenvalue weighted by Gasteiger charge is -2.41. The molecule has 190 valence electrons. The molecule has 0 spiro atoms. The average molecular weight is 487 g/mol. The quantitative estimate of drug-likeness (QED) is 0.309. The van der Waals surface area contributed by atoms with Gasteiger partial charge < -0.3 is 16.2 Å². The van der Waals surface area contributed by atoms with Gasteiger partial charge in [0.05, 0.1) is 0 Å². The molecule has 5 atom stereocenters. The fourth-order valence-corrected chi connectivity index (χ4v) is 7.56. The molecule has 3 aliphatic carbocycles. The lowest BCUT2D eigenvalue weighted by molar-refractivity contribution is -0.143. The van der Waals surface area contributed by atoms with E-state index in [4.69, 9.17) is 10.9 Å². The Bertz CT molecular complexity index is 844. The Labute approximate surface area is 198 Å². The van der Waals surface area contributed by atoms with Crippen LogP contribution in [0.25, 0.3) is 0 Å². The van der Waals surface area contributed by atoms with E-state index in [1.807, 2.05) is 0 Å². The van der Waals surface area contributed by atoms with E-state index >= 15 is 0 Å². The molecule has 0 aromatic rings. The Balaban J connectivity index is 1.88. The van der Waals surface area contributed by atoms with Crippen molar-refractivity contribution in [2.75, 3.05) is 6.54 Å². The van der Waals surface area contributed by atoms with Crippen molar-refractivity contribution in [3.05, 3.63) is 0 Å². The van der Waals surface area contributed by atoms with Crippen LogP contribution in [-0.2, 0) is 19.8 Å². The van der Waals surface area contributed by atoms with Crippen LogP contribution in [0.5, 0.6) is 0 Å². The molecule has 33 heavy (non-hydrogen) atoms. The summed E-state index contributed by atoms with van der Waals surface area (Å²) in [6, 6.07) is -2.59. The van der Waals surface area contributed by atoms with Gasteiger partial charge in [0.25, 0.3) is 10.2 Å². The third-order valence-electron chi connectivity index (χ3n) is 9.32. The number of nitrogens with two attached hydrogens (primary N) is 2. The second-order valence-electron chi connectivity index (χ2n) is 11.2. The number of amides is 1. The van der Waals surface area contributed by atoms with E-state index in [0.717, 1.165) is 42.8 Å². The van der Waals surface area contributed by atoms with Gasteiger partial charge in [0.2, 0.25) is 5.91 Å². The highest BCUT2D eigenvalue weighted by Gasteiger charge is 2.62. The largest absolute Gasteiger partial charge is 0.480 e. The molecule has 0 saturated heterocycles. The third kappa shape index (κ3) is 5.09. The number of aliphatic carboxylic acids is 1. The molecule has 6 N–H and O–H groups in total. The van der Waals surface area contributed by atoms with Gasteiger partial charge in [0.15, 0.2) is 0 Å². The van der Waals surface area contributed by atoms with E-state index < -0.39 is 34.2 Å². The van der Waals surface area contributed by atoms with Crippen LogP contribution in [0, 0.1) is 22.7 Å². The molecule has 0 aromatic carbocycles. The molecule has 0 aromatic heterocycles. The van der Waals surface area contributed by atoms with Gasteiger partial charge in [-0.3, -0.25) is 9.59 Å². The first kappa shape index (κ1) is 26.4. The summed E-state index contributed by atoms with van der Waals surface area (Å²) >= 11 is 0. The number of unbranched alkanes of at least 4 members (excludes halogenated alkanes) is 1. The monoisotopic (exact) mass is 486 g/mol. The van der Waals surface area contributed by atoms with E-state index in [0.29, 0.717) is 31.7 Å². The fraction of sp³-hybridized carbons (Fsp3) is 0.913. The molecule has 0 heterocycles. The molecule has 0 radical (unpaired) electrons. The lowest BCUT2D eigenvalue weighted by atomic mass is 9.69. The molecule has 3 saturated carbocycles. The maximum atomic E-state index is 13.7. The number of fused-ring (bicyclic) bond motifs is 2. The summed E-state index contributed by atoms with van der Waals surface area (Å²) in [7, 11) is -4.44. The first-order valence-electron chi connectivity index (χ1n) is 12.4. The number of carboxylic acid groups (broad SMARTS) is 1. The number of carbonyl (C=O) groups excluding carboxylic acids is 1. The molecule has 0 unspecified atom stereocenters. The summed E-state index contributed by atoms with van der Waals surface area (Å²) in [6.07, 6.45) is 7.21. The van der Waals surface area contributed by atoms with Crippen LogP contribution in [0.1, 0.15) is 85.0 Å². The van der Waals surface area contributed by atoms with Crippen molar-refractivity contribution in [2.45, 2.75) is 103 Å². The maximum Gasteiger partial charge on any atom is 0.322 e. The first-order valence-corrected chi connectivity index (χ1v) is 13.9. The van der Waals surface area contributed by atoms with E-state index in [2.05, 4.69) is 26.1 Å². The molecular formula is C23H42N4O5S. The SMILES string of the molecule is CC1(C)[C@@H]2CC[C@@]1(C)[C@@H](NC(=O)[C@H](CC1CCC1)N([C@@H](CCCCN)C(=O)O)S(N)(=O)=O)C2. The van der Waals surface area contributed by atoms with Crippen molar-refractivity contribution in [2.24, 2.45) is 33.5 Å². The number of hydrogen-bond donors (Lipinski definition) is 4. The summed E-state index contributed by atoms with van der Waals surface area (Å²) in [4.78, 5) is 25.8. The van der Waals surface area contributed by atoms with Gasteiger partial charge in [-0.05, 0) is 74.2 Å². The van der Waals surface area contributed by atoms with Crippen molar-refractivity contribution in [1.29, 1.82) is 0 Å². The van der Waals surface area contributed by atoms with Crippen LogP contribution in [-0.4, -0.2) is 54.4 Å². The zero-order valence-corrected chi connectivity index (χ0v) is 21.1.